The number of amides is 1. The Kier molecular flexibility index (Phi) is 3.29. The molecule has 0 aromatic carbocycles. The molecule has 0 aliphatic carbocycles. The van der Waals surface area contributed by atoms with Gasteiger partial charge in [0.1, 0.15) is 0 Å². The largest absolute Gasteiger partial charge is 0.352 e. The van der Waals surface area contributed by atoms with Gasteiger partial charge >= 0.3 is 0 Å². The molecule has 0 radical (unpaired) electrons. The summed E-state index contributed by atoms with van der Waals surface area (Å²) in [5.41, 5.74) is 1.04. The van der Waals surface area contributed by atoms with Crippen LogP contribution in [0.25, 0.3) is 0 Å². The molecule has 80 valence electrons. The Bertz CT molecular complexity index is 322. The van der Waals surface area contributed by atoms with Crippen LogP contribution in [-0.2, 0) is 11.3 Å². The first-order chi connectivity index (χ1) is 7.34. The summed E-state index contributed by atoms with van der Waals surface area (Å²) in [7, 11) is 0. The van der Waals surface area contributed by atoms with Gasteiger partial charge < -0.3 is 10.6 Å². The number of hydrogen-bond donors (Lipinski definition) is 2. The molecular formula is C11H15N3O. The molecule has 1 aromatic rings. The molecule has 1 aliphatic rings. The highest BCUT2D eigenvalue weighted by molar-refractivity contribution is 5.76. The highest BCUT2D eigenvalue weighted by Gasteiger charge is 2.19. The van der Waals surface area contributed by atoms with Gasteiger partial charge in [-0.2, -0.15) is 0 Å². The molecular weight excluding hydrogens is 190 g/mol. The average molecular weight is 205 g/mol. The summed E-state index contributed by atoms with van der Waals surface area (Å²) in [6.07, 6.45) is 4.13. The SMILES string of the molecule is O=C(CC1CNC1)NCc1cccnc1. The van der Waals surface area contributed by atoms with Gasteiger partial charge in [-0.15, -0.1) is 0 Å². The van der Waals surface area contributed by atoms with E-state index in [0.29, 0.717) is 18.9 Å². The molecule has 0 unspecified atom stereocenters. The van der Waals surface area contributed by atoms with E-state index in [4.69, 9.17) is 0 Å². The van der Waals surface area contributed by atoms with E-state index in [1.807, 2.05) is 12.1 Å². The van der Waals surface area contributed by atoms with Crippen LogP contribution in [0.1, 0.15) is 12.0 Å². The van der Waals surface area contributed by atoms with Gasteiger partial charge in [0.05, 0.1) is 0 Å². The maximum atomic E-state index is 11.5. The molecule has 2 heterocycles. The van der Waals surface area contributed by atoms with Gasteiger partial charge in [0.25, 0.3) is 0 Å². The van der Waals surface area contributed by atoms with Gasteiger partial charge in [-0.05, 0) is 30.6 Å². The smallest absolute Gasteiger partial charge is 0.220 e. The van der Waals surface area contributed by atoms with Gasteiger partial charge in [0, 0.05) is 25.4 Å². The Balaban J connectivity index is 1.71. The van der Waals surface area contributed by atoms with E-state index < -0.39 is 0 Å². The molecule has 0 bridgehead atoms. The molecule has 4 nitrogen and oxygen atoms in total. The summed E-state index contributed by atoms with van der Waals surface area (Å²) < 4.78 is 0. The lowest BCUT2D eigenvalue weighted by molar-refractivity contribution is -0.122. The Morgan fingerprint density at radius 1 is 1.60 bits per heavy atom. The average Bonchev–Trinajstić information content (AvgIpc) is 2.22. The molecule has 0 atom stereocenters. The standard InChI is InChI=1S/C11H15N3O/c15-11(4-10-6-13-7-10)14-8-9-2-1-3-12-5-9/h1-3,5,10,13H,4,6-8H2,(H,14,15). The van der Waals surface area contributed by atoms with Crippen LogP contribution in [0.2, 0.25) is 0 Å². The van der Waals surface area contributed by atoms with E-state index in [9.17, 15) is 4.79 Å². The zero-order valence-electron chi connectivity index (χ0n) is 8.57. The molecule has 1 saturated heterocycles. The van der Waals surface area contributed by atoms with Crippen LogP contribution >= 0.6 is 0 Å². The first kappa shape index (κ1) is 10.1. The lowest BCUT2D eigenvalue weighted by Gasteiger charge is -2.26. The van der Waals surface area contributed by atoms with Crippen molar-refractivity contribution in [3.8, 4) is 0 Å². The number of carbonyl (C=O) groups is 1. The van der Waals surface area contributed by atoms with Crippen LogP contribution < -0.4 is 10.6 Å². The number of nitrogens with one attached hydrogen (secondary N) is 2. The van der Waals surface area contributed by atoms with E-state index in [-0.39, 0.29) is 5.91 Å². The van der Waals surface area contributed by atoms with Gasteiger partial charge in [0.2, 0.25) is 5.91 Å². The van der Waals surface area contributed by atoms with Crippen molar-refractivity contribution < 1.29 is 4.79 Å². The summed E-state index contributed by atoms with van der Waals surface area (Å²) in [4.78, 5) is 15.4. The van der Waals surface area contributed by atoms with Gasteiger partial charge in [-0.3, -0.25) is 9.78 Å². The summed E-state index contributed by atoms with van der Waals surface area (Å²) in [5, 5.41) is 6.04. The molecule has 0 saturated carbocycles. The molecule has 1 aromatic heterocycles. The van der Waals surface area contributed by atoms with Crippen molar-refractivity contribution in [2.75, 3.05) is 13.1 Å². The number of hydrogen-bond acceptors (Lipinski definition) is 3. The summed E-state index contributed by atoms with van der Waals surface area (Å²) >= 11 is 0. The Hall–Kier alpha value is -1.42. The number of rotatable bonds is 4. The van der Waals surface area contributed by atoms with Gasteiger partial charge in [-0.25, -0.2) is 0 Å². The minimum atomic E-state index is 0.130. The Morgan fingerprint density at radius 3 is 3.07 bits per heavy atom. The Morgan fingerprint density at radius 2 is 2.47 bits per heavy atom. The van der Waals surface area contributed by atoms with Crippen molar-refractivity contribution in [3.63, 3.8) is 0 Å². The quantitative estimate of drug-likeness (QED) is 0.743. The topological polar surface area (TPSA) is 54.0 Å². The fourth-order valence-electron chi connectivity index (χ4n) is 1.53. The first-order valence-corrected chi connectivity index (χ1v) is 5.21. The molecule has 0 spiro atoms. The van der Waals surface area contributed by atoms with Gasteiger partial charge in [0.15, 0.2) is 0 Å². The van der Waals surface area contributed by atoms with Crippen molar-refractivity contribution in [3.05, 3.63) is 30.1 Å². The zero-order valence-corrected chi connectivity index (χ0v) is 8.57. The summed E-state index contributed by atoms with van der Waals surface area (Å²) in [5.74, 6) is 0.657. The monoisotopic (exact) mass is 205 g/mol. The predicted molar refractivity (Wildman–Crippen MR) is 57.1 cm³/mol. The third-order valence-corrected chi connectivity index (χ3v) is 2.55. The highest BCUT2D eigenvalue weighted by atomic mass is 16.1. The fraction of sp³-hybridized carbons (Fsp3) is 0.455. The molecule has 1 aliphatic heterocycles. The van der Waals surface area contributed by atoms with Crippen LogP contribution in [0.15, 0.2) is 24.5 Å². The minimum Gasteiger partial charge on any atom is -0.352 e. The number of nitrogens with zero attached hydrogens (tertiary/aromatic N) is 1. The number of carbonyl (C=O) groups excluding carboxylic acids is 1. The summed E-state index contributed by atoms with van der Waals surface area (Å²) in [6, 6.07) is 3.83. The number of pyridine rings is 1. The number of aromatic nitrogens is 1. The van der Waals surface area contributed by atoms with Crippen LogP contribution in [-0.4, -0.2) is 24.0 Å². The lowest BCUT2D eigenvalue weighted by Crippen LogP contribution is -2.44. The zero-order chi connectivity index (χ0) is 10.5. The molecule has 1 amide bonds. The summed E-state index contributed by atoms with van der Waals surface area (Å²) in [6.45, 7) is 2.52. The van der Waals surface area contributed by atoms with Crippen LogP contribution in [0.5, 0.6) is 0 Å². The van der Waals surface area contributed by atoms with E-state index >= 15 is 0 Å². The fourth-order valence-corrected chi connectivity index (χ4v) is 1.53. The third kappa shape index (κ3) is 3.02. The van der Waals surface area contributed by atoms with E-state index in [2.05, 4.69) is 15.6 Å². The lowest BCUT2D eigenvalue weighted by atomic mass is 9.99. The second-order valence-electron chi connectivity index (χ2n) is 3.87. The highest BCUT2D eigenvalue weighted by Crippen LogP contribution is 2.07. The maximum absolute atomic E-state index is 11.5. The molecule has 4 heteroatoms. The van der Waals surface area contributed by atoms with Crippen LogP contribution in [0, 0.1) is 5.92 Å². The van der Waals surface area contributed by atoms with Crippen molar-refractivity contribution in [2.24, 2.45) is 5.92 Å². The van der Waals surface area contributed by atoms with Gasteiger partial charge in [-0.1, -0.05) is 6.07 Å². The van der Waals surface area contributed by atoms with Crippen LogP contribution in [0.3, 0.4) is 0 Å². The van der Waals surface area contributed by atoms with Crippen LogP contribution in [0.4, 0.5) is 0 Å². The van der Waals surface area contributed by atoms with Crippen molar-refractivity contribution in [1.82, 2.24) is 15.6 Å². The normalized spacial score (nSPS) is 15.7. The molecule has 2 N–H and O–H groups in total. The third-order valence-electron chi connectivity index (χ3n) is 2.55. The molecule has 2 rings (SSSR count). The Labute approximate surface area is 89.1 Å². The second-order valence-corrected chi connectivity index (χ2v) is 3.87. The van der Waals surface area contributed by atoms with Crippen molar-refractivity contribution in [1.29, 1.82) is 0 Å². The second kappa shape index (κ2) is 4.89. The minimum absolute atomic E-state index is 0.130. The maximum Gasteiger partial charge on any atom is 0.220 e. The van der Waals surface area contributed by atoms with Crippen molar-refractivity contribution >= 4 is 5.91 Å². The van der Waals surface area contributed by atoms with E-state index in [1.54, 1.807) is 12.4 Å². The van der Waals surface area contributed by atoms with E-state index in [0.717, 1.165) is 18.7 Å². The molecule has 1 fully saturated rings. The molecule has 15 heavy (non-hydrogen) atoms. The van der Waals surface area contributed by atoms with Crippen molar-refractivity contribution in [2.45, 2.75) is 13.0 Å². The van der Waals surface area contributed by atoms with E-state index in [1.165, 1.54) is 0 Å². The first-order valence-electron chi connectivity index (χ1n) is 5.21. The predicted octanol–water partition coefficient (Wildman–Crippen LogP) is 0.307.